The normalized spacial score (nSPS) is 12.6. The quantitative estimate of drug-likeness (QED) is 0.198. The lowest BCUT2D eigenvalue weighted by Crippen LogP contribution is -2.29. The molecule has 0 amide bonds. The lowest BCUT2D eigenvalue weighted by atomic mass is 10.1. The van der Waals surface area contributed by atoms with Crippen molar-refractivity contribution in [3.8, 4) is 0 Å². The lowest BCUT2D eigenvalue weighted by molar-refractivity contribution is -0.384. The largest absolute Gasteiger partial charge is 0.411 e. The Hall–Kier alpha value is -1.89. The van der Waals surface area contributed by atoms with Gasteiger partial charge < -0.3 is 4.43 Å². The molecule has 0 saturated heterocycles. The fourth-order valence-corrected chi connectivity index (χ4v) is 2.62. The molecule has 0 radical (unpaired) electrons. The monoisotopic (exact) mass is 280 g/mol. The third-order valence-electron chi connectivity index (χ3n) is 2.28. The van der Waals surface area contributed by atoms with Crippen molar-refractivity contribution in [3.63, 3.8) is 0 Å². The number of rotatable bonds is 6. The van der Waals surface area contributed by atoms with Gasteiger partial charge in [0.1, 0.15) is 0 Å². The third kappa shape index (κ3) is 5.08. The van der Waals surface area contributed by atoms with Crippen molar-refractivity contribution in [1.82, 2.24) is 0 Å². The van der Waals surface area contributed by atoms with Gasteiger partial charge >= 0.3 is 0 Å². The first-order valence-corrected chi connectivity index (χ1v) is 9.17. The van der Waals surface area contributed by atoms with Crippen LogP contribution in [-0.2, 0) is 4.43 Å². The molecule has 1 atom stereocenters. The highest BCUT2D eigenvalue weighted by molar-refractivity contribution is 6.69. The van der Waals surface area contributed by atoms with Crippen molar-refractivity contribution in [1.29, 1.82) is 0 Å². The molecule has 0 aromatic heterocycles. The Bertz CT molecular complexity index is 492. The van der Waals surface area contributed by atoms with E-state index in [-0.39, 0.29) is 18.3 Å². The maximum absolute atomic E-state index is 10.6. The zero-order chi connectivity index (χ0) is 14.5. The molecule has 102 valence electrons. The number of non-ortho nitro benzene ring substituents is 1. The van der Waals surface area contributed by atoms with Gasteiger partial charge in [0.25, 0.3) is 5.69 Å². The number of nitrogens with zero attached hydrogens (tertiary/aromatic N) is 4. The van der Waals surface area contributed by atoms with Crippen molar-refractivity contribution in [2.24, 2.45) is 5.11 Å². The van der Waals surface area contributed by atoms with Crippen LogP contribution in [0.2, 0.25) is 19.6 Å². The molecule has 0 spiro atoms. The number of hydrogen-bond donors (Lipinski definition) is 0. The van der Waals surface area contributed by atoms with E-state index in [2.05, 4.69) is 10.0 Å². The molecule has 0 bridgehead atoms. The first-order valence-electron chi connectivity index (χ1n) is 5.76. The summed E-state index contributed by atoms with van der Waals surface area (Å²) < 4.78 is 5.93. The number of benzene rings is 1. The van der Waals surface area contributed by atoms with Gasteiger partial charge in [0.05, 0.1) is 17.6 Å². The Morgan fingerprint density at radius 3 is 2.42 bits per heavy atom. The van der Waals surface area contributed by atoms with Crippen LogP contribution in [0.25, 0.3) is 10.4 Å². The summed E-state index contributed by atoms with van der Waals surface area (Å²) >= 11 is 0. The molecule has 0 aliphatic carbocycles. The van der Waals surface area contributed by atoms with Crippen molar-refractivity contribution in [2.75, 3.05) is 6.54 Å². The van der Waals surface area contributed by atoms with E-state index in [1.165, 1.54) is 12.1 Å². The Morgan fingerprint density at radius 1 is 1.42 bits per heavy atom. The van der Waals surface area contributed by atoms with E-state index in [9.17, 15) is 10.1 Å². The Balaban J connectivity index is 2.96. The first kappa shape index (κ1) is 15.2. The number of hydrogen-bond acceptors (Lipinski definition) is 4. The Labute approximate surface area is 112 Å². The third-order valence-corrected chi connectivity index (χ3v) is 3.27. The second-order valence-corrected chi connectivity index (χ2v) is 9.44. The highest BCUT2D eigenvalue weighted by Crippen LogP contribution is 2.24. The summed E-state index contributed by atoms with van der Waals surface area (Å²) in [5.74, 6) is 0. The number of nitro benzene ring substituents is 1. The smallest absolute Gasteiger partial charge is 0.269 e. The SMILES string of the molecule is C[Si](C)(C)OC(CN=[N+]=[N-])c1ccc([N+](=O)[O-])cc1. The van der Waals surface area contributed by atoms with Crippen LogP contribution in [0.4, 0.5) is 5.69 Å². The fourth-order valence-electron chi connectivity index (χ4n) is 1.56. The van der Waals surface area contributed by atoms with Crippen molar-refractivity contribution >= 4 is 14.0 Å². The van der Waals surface area contributed by atoms with E-state index in [4.69, 9.17) is 9.96 Å². The average molecular weight is 280 g/mol. The van der Waals surface area contributed by atoms with E-state index >= 15 is 0 Å². The van der Waals surface area contributed by atoms with Gasteiger partial charge in [-0.15, -0.1) is 0 Å². The van der Waals surface area contributed by atoms with E-state index < -0.39 is 13.2 Å². The lowest BCUT2D eigenvalue weighted by Gasteiger charge is -2.25. The van der Waals surface area contributed by atoms with Crippen LogP contribution in [0.3, 0.4) is 0 Å². The van der Waals surface area contributed by atoms with E-state index in [0.717, 1.165) is 5.56 Å². The molecule has 7 nitrogen and oxygen atoms in total. The number of nitro groups is 1. The van der Waals surface area contributed by atoms with Gasteiger partial charge in [0.2, 0.25) is 0 Å². The zero-order valence-electron chi connectivity index (χ0n) is 11.1. The minimum absolute atomic E-state index is 0.0271. The Kier molecular flexibility index (Phi) is 5.05. The van der Waals surface area contributed by atoms with Crippen LogP contribution in [0.15, 0.2) is 29.4 Å². The molecule has 1 unspecified atom stereocenters. The van der Waals surface area contributed by atoms with Crippen LogP contribution >= 0.6 is 0 Å². The second kappa shape index (κ2) is 6.33. The van der Waals surface area contributed by atoms with Crippen LogP contribution in [0.1, 0.15) is 11.7 Å². The van der Waals surface area contributed by atoms with E-state index in [1.807, 2.05) is 19.6 Å². The predicted molar refractivity (Wildman–Crippen MR) is 74.3 cm³/mol. The number of azide groups is 1. The van der Waals surface area contributed by atoms with E-state index in [1.54, 1.807) is 12.1 Å². The van der Waals surface area contributed by atoms with Crippen molar-refractivity contribution in [3.05, 3.63) is 50.4 Å². The molecule has 1 rings (SSSR count). The fraction of sp³-hybridized carbons (Fsp3) is 0.455. The summed E-state index contributed by atoms with van der Waals surface area (Å²) in [7, 11) is -1.81. The van der Waals surface area contributed by atoms with Gasteiger partial charge in [-0.3, -0.25) is 10.1 Å². The molecule has 1 aromatic rings. The van der Waals surface area contributed by atoms with E-state index in [0.29, 0.717) is 0 Å². The molecule has 19 heavy (non-hydrogen) atoms. The van der Waals surface area contributed by atoms with Gasteiger partial charge in [-0.05, 0) is 42.9 Å². The minimum atomic E-state index is -1.81. The highest BCUT2D eigenvalue weighted by Gasteiger charge is 2.22. The summed E-state index contributed by atoms with van der Waals surface area (Å²) in [4.78, 5) is 12.9. The van der Waals surface area contributed by atoms with Gasteiger partial charge in [-0.2, -0.15) is 0 Å². The van der Waals surface area contributed by atoms with Crippen LogP contribution in [0.5, 0.6) is 0 Å². The maximum atomic E-state index is 10.6. The van der Waals surface area contributed by atoms with Gasteiger partial charge in [-0.25, -0.2) is 0 Å². The summed E-state index contributed by atoms with van der Waals surface area (Å²) in [6.07, 6.45) is -0.358. The first-order chi connectivity index (χ1) is 8.83. The summed E-state index contributed by atoms with van der Waals surface area (Å²) in [5, 5.41) is 14.1. The summed E-state index contributed by atoms with van der Waals surface area (Å²) in [5.41, 5.74) is 9.21. The van der Waals surface area contributed by atoms with Crippen molar-refractivity contribution < 1.29 is 9.35 Å². The predicted octanol–water partition coefficient (Wildman–Crippen LogP) is 3.80. The minimum Gasteiger partial charge on any atom is -0.411 e. The molecule has 0 aliphatic rings. The van der Waals surface area contributed by atoms with Crippen LogP contribution in [0, 0.1) is 10.1 Å². The molecule has 0 N–H and O–H groups in total. The van der Waals surface area contributed by atoms with Crippen molar-refractivity contribution in [2.45, 2.75) is 25.7 Å². The summed E-state index contributed by atoms with van der Waals surface area (Å²) in [6.45, 7) is 6.27. The molecule has 1 aromatic carbocycles. The van der Waals surface area contributed by atoms with Gasteiger partial charge in [0, 0.05) is 17.0 Å². The molecular weight excluding hydrogens is 264 g/mol. The van der Waals surface area contributed by atoms with Crippen LogP contribution < -0.4 is 0 Å². The molecule has 0 fully saturated rings. The molecule has 8 heteroatoms. The summed E-state index contributed by atoms with van der Waals surface area (Å²) in [6, 6.07) is 6.11. The second-order valence-electron chi connectivity index (χ2n) is 4.98. The van der Waals surface area contributed by atoms with Gasteiger partial charge in [0.15, 0.2) is 8.32 Å². The average Bonchev–Trinajstić information content (AvgIpc) is 2.33. The highest BCUT2D eigenvalue weighted by atomic mass is 28.4. The molecule has 0 aliphatic heterocycles. The molecule has 0 heterocycles. The standard InChI is InChI=1S/C11H16N4O3Si/c1-19(2,3)18-11(8-13-14-12)9-4-6-10(7-5-9)15(16)17/h4-7,11H,8H2,1-3H3. The zero-order valence-corrected chi connectivity index (χ0v) is 12.1. The van der Waals surface area contributed by atoms with Crippen LogP contribution in [-0.4, -0.2) is 19.8 Å². The molecular formula is C11H16N4O3Si. The Morgan fingerprint density at radius 2 is 2.00 bits per heavy atom. The topological polar surface area (TPSA) is 101 Å². The van der Waals surface area contributed by atoms with Gasteiger partial charge in [-0.1, -0.05) is 5.11 Å². The maximum Gasteiger partial charge on any atom is 0.269 e. The molecule has 0 saturated carbocycles.